The first kappa shape index (κ1) is 33.5. The number of urea groups is 1. The van der Waals surface area contributed by atoms with Gasteiger partial charge in [0.25, 0.3) is 11.8 Å². The Morgan fingerprint density at radius 3 is 2.18 bits per heavy atom. The number of ether oxygens (including phenoxy) is 1. The summed E-state index contributed by atoms with van der Waals surface area (Å²) in [7, 11) is 0. The van der Waals surface area contributed by atoms with Crippen LogP contribution in [0.4, 0.5) is 4.79 Å². The van der Waals surface area contributed by atoms with Gasteiger partial charge in [0.2, 0.25) is 0 Å². The number of pyridine rings is 1. The number of hydrogen-bond donors (Lipinski definition) is 3. The lowest BCUT2D eigenvalue weighted by atomic mass is 10.0. The molecule has 11 heteroatoms. The van der Waals surface area contributed by atoms with E-state index in [4.69, 9.17) is 33.7 Å². The molecule has 0 saturated carbocycles. The number of hydrogen-bond acceptors (Lipinski definition) is 6. The van der Waals surface area contributed by atoms with Crippen molar-refractivity contribution in [2.45, 2.75) is 38.9 Å². The predicted molar refractivity (Wildman–Crippen MR) is 175 cm³/mol. The van der Waals surface area contributed by atoms with E-state index in [2.05, 4.69) is 15.6 Å². The number of amides is 4. The van der Waals surface area contributed by atoms with E-state index in [1.54, 1.807) is 12.1 Å². The van der Waals surface area contributed by atoms with Gasteiger partial charge in [-0.05, 0) is 59.9 Å². The highest BCUT2D eigenvalue weighted by Crippen LogP contribution is 2.19. The summed E-state index contributed by atoms with van der Waals surface area (Å²) in [5.41, 5.74) is 9.26. The number of nitrogens with zero attached hydrogens (tertiary/aromatic N) is 2. The minimum absolute atomic E-state index is 0.0479. The van der Waals surface area contributed by atoms with E-state index in [0.717, 1.165) is 27.2 Å². The maximum Gasteiger partial charge on any atom is 0.324 e. The van der Waals surface area contributed by atoms with Crippen LogP contribution in [0.3, 0.4) is 0 Å². The molecular weight excluding hydrogens is 613 g/mol. The van der Waals surface area contributed by atoms with Crippen LogP contribution in [0.1, 0.15) is 39.5 Å². The molecule has 4 rings (SSSR count). The third-order valence-corrected chi connectivity index (χ3v) is 7.52. The van der Waals surface area contributed by atoms with Crippen molar-refractivity contribution in [3.8, 4) is 5.75 Å². The monoisotopic (exact) mass is 647 g/mol. The van der Waals surface area contributed by atoms with Gasteiger partial charge in [-0.1, -0.05) is 89.9 Å². The van der Waals surface area contributed by atoms with E-state index in [1.807, 2.05) is 73.7 Å². The van der Waals surface area contributed by atoms with Crippen LogP contribution in [-0.4, -0.2) is 46.9 Å². The summed E-state index contributed by atoms with van der Waals surface area (Å²) in [4.78, 5) is 46.3. The summed E-state index contributed by atoms with van der Waals surface area (Å²) in [6.07, 6.45) is 0.521. The zero-order valence-electron chi connectivity index (χ0n) is 24.8. The van der Waals surface area contributed by atoms with Gasteiger partial charge in [0.05, 0.1) is 12.2 Å². The van der Waals surface area contributed by atoms with Gasteiger partial charge in [-0.3, -0.25) is 14.5 Å². The summed E-state index contributed by atoms with van der Waals surface area (Å²) < 4.78 is 5.54. The topological polar surface area (TPSA) is 127 Å². The van der Waals surface area contributed by atoms with Gasteiger partial charge in [-0.2, -0.15) is 0 Å². The lowest BCUT2D eigenvalue weighted by molar-refractivity contribution is -0.130. The summed E-state index contributed by atoms with van der Waals surface area (Å²) >= 11 is 12.1. The maximum absolute atomic E-state index is 14.2. The van der Waals surface area contributed by atoms with Crippen molar-refractivity contribution in [2.75, 3.05) is 13.2 Å². The Hall–Kier alpha value is -4.44. The van der Waals surface area contributed by atoms with Crippen molar-refractivity contribution in [1.82, 2.24) is 20.5 Å². The first-order chi connectivity index (χ1) is 21.8. The summed E-state index contributed by atoms with van der Waals surface area (Å²) in [5, 5.41) is 5.66. The van der Waals surface area contributed by atoms with Crippen molar-refractivity contribution >= 4 is 41.0 Å². The van der Waals surface area contributed by atoms with Crippen molar-refractivity contribution < 1.29 is 19.1 Å². The molecule has 0 radical (unpaired) electrons. The highest BCUT2D eigenvalue weighted by Gasteiger charge is 2.31. The number of halogens is 2. The second-order valence-electron chi connectivity index (χ2n) is 10.2. The van der Waals surface area contributed by atoms with Crippen LogP contribution in [0, 0.1) is 0 Å². The van der Waals surface area contributed by atoms with Gasteiger partial charge in [0, 0.05) is 26.1 Å². The molecule has 0 aliphatic rings. The molecular formula is C34H35Cl2N5O4. The summed E-state index contributed by atoms with van der Waals surface area (Å²) in [6.45, 7) is 3.09. The SMILES string of the molecule is CCOc1ccc(C[C@@H](NC(=O)c2ccc(Cl)nc2Cl)C(=O)N(CCc2ccccc2)C(=O)NCc2ccc(CN)cc2)cc1. The Morgan fingerprint density at radius 1 is 0.867 bits per heavy atom. The number of rotatable bonds is 13. The minimum Gasteiger partial charge on any atom is -0.494 e. The molecule has 9 nitrogen and oxygen atoms in total. The van der Waals surface area contributed by atoms with Crippen LogP contribution in [0.25, 0.3) is 0 Å². The first-order valence-electron chi connectivity index (χ1n) is 14.5. The molecule has 1 heterocycles. The first-order valence-corrected chi connectivity index (χ1v) is 15.3. The molecule has 1 aromatic heterocycles. The number of aromatic nitrogens is 1. The number of carbonyl (C=O) groups excluding carboxylic acids is 3. The summed E-state index contributed by atoms with van der Waals surface area (Å²) in [6, 6.07) is 25.4. The second-order valence-corrected chi connectivity index (χ2v) is 10.9. The Labute approximate surface area is 272 Å². The lowest BCUT2D eigenvalue weighted by Gasteiger charge is -2.27. The molecule has 3 aromatic carbocycles. The van der Waals surface area contributed by atoms with Crippen molar-refractivity contribution in [1.29, 1.82) is 0 Å². The number of nitrogens with two attached hydrogens (primary N) is 1. The van der Waals surface area contributed by atoms with Crippen molar-refractivity contribution in [3.05, 3.63) is 129 Å². The predicted octanol–water partition coefficient (Wildman–Crippen LogP) is 5.57. The fourth-order valence-corrected chi connectivity index (χ4v) is 5.02. The van der Waals surface area contributed by atoms with Gasteiger partial charge in [-0.25, -0.2) is 9.78 Å². The highest BCUT2D eigenvalue weighted by molar-refractivity contribution is 6.34. The lowest BCUT2D eigenvalue weighted by Crippen LogP contribution is -2.54. The van der Waals surface area contributed by atoms with E-state index in [1.165, 1.54) is 12.1 Å². The van der Waals surface area contributed by atoms with Crippen LogP contribution in [0.2, 0.25) is 10.3 Å². The highest BCUT2D eigenvalue weighted by atomic mass is 35.5. The average molecular weight is 649 g/mol. The fourth-order valence-electron chi connectivity index (χ4n) is 4.59. The molecule has 4 N–H and O–H groups in total. The third kappa shape index (κ3) is 9.78. The quantitative estimate of drug-likeness (QED) is 0.163. The van der Waals surface area contributed by atoms with Gasteiger partial charge in [0.15, 0.2) is 0 Å². The van der Waals surface area contributed by atoms with E-state index < -0.39 is 23.9 Å². The molecule has 45 heavy (non-hydrogen) atoms. The molecule has 0 aliphatic carbocycles. The van der Waals surface area contributed by atoms with Gasteiger partial charge >= 0.3 is 6.03 Å². The van der Waals surface area contributed by atoms with Crippen molar-refractivity contribution in [2.24, 2.45) is 5.73 Å². The smallest absolute Gasteiger partial charge is 0.324 e. The van der Waals surface area contributed by atoms with Gasteiger partial charge in [-0.15, -0.1) is 0 Å². The number of nitrogens with one attached hydrogen (secondary N) is 2. The number of carbonyl (C=O) groups is 3. The zero-order chi connectivity index (χ0) is 32.2. The van der Waals surface area contributed by atoms with Crippen LogP contribution in [-0.2, 0) is 30.7 Å². The maximum atomic E-state index is 14.2. The Kier molecular flexibility index (Phi) is 12.3. The molecule has 0 fully saturated rings. The molecule has 0 aliphatic heterocycles. The summed E-state index contributed by atoms with van der Waals surface area (Å²) in [5.74, 6) is -0.533. The molecule has 0 bridgehead atoms. The molecule has 0 saturated heterocycles. The average Bonchev–Trinajstić information content (AvgIpc) is 3.05. The van der Waals surface area contributed by atoms with E-state index in [-0.39, 0.29) is 35.4 Å². The largest absolute Gasteiger partial charge is 0.494 e. The number of imide groups is 1. The van der Waals surface area contributed by atoms with Gasteiger partial charge in [0.1, 0.15) is 22.1 Å². The van der Waals surface area contributed by atoms with Gasteiger partial charge < -0.3 is 21.1 Å². The van der Waals surface area contributed by atoms with Crippen molar-refractivity contribution in [3.63, 3.8) is 0 Å². The minimum atomic E-state index is -1.12. The second kappa shape index (κ2) is 16.6. The standard InChI is InChI=1S/C34H35Cl2N5O4/c1-2-45-27-14-12-24(13-15-27)20-29(39-32(42)28-16-17-30(35)40-31(28)36)33(43)41(19-18-23-6-4-3-5-7-23)34(44)38-22-26-10-8-25(21-37)9-11-26/h3-17,29H,2,18-22,37H2,1H3,(H,38,44)(H,39,42)/t29-/m1/s1. The Balaban J connectivity index is 1.61. The normalized spacial score (nSPS) is 11.4. The van der Waals surface area contributed by atoms with E-state index >= 15 is 0 Å². The van der Waals surface area contributed by atoms with E-state index in [0.29, 0.717) is 25.3 Å². The van der Waals surface area contributed by atoms with Crippen LogP contribution in [0.15, 0.2) is 91.0 Å². The fraction of sp³-hybridized carbons (Fsp3) is 0.235. The number of benzene rings is 3. The third-order valence-electron chi connectivity index (χ3n) is 7.02. The molecule has 0 spiro atoms. The molecule has 4 amide bonds. The van der Waals surface area contributed by atoms with E-state index in [9.17, 15) is 14.4 Å². The Morgan fingerprint density at radius 2 is 1.53 bits per heavy atom. The van der Waals surface area contributed by atoms with Crippen LogP contribution in [0.5, 0.6) is 5.75 Å². The molecule has 234 valence electrons. The zero-order valence-corrected chi connectivity index (χ0v) is 26.4. The molecule has 4 aromatic rings. The van der Waals surface area contributed by atoms with Crippen LogP contribution >= 0.6 is 23.2 Å². The Bertz CT molecular complexity index is 1580. The molecule has 0 unspecified atom stereocenters. The van der Waals surface area contributed by atoms with Crippen LogP contribution < -0.4 is 21.1 Å². The molecule has 1 atom stereocenters.